The van der Waals surface area contributed by atoms with Crippen LogP contribution in [0.4, 0.5) is 0 Å². The topological polar surface area (TPSA) is 20.7 Å². The minimum absolute atomic E-state index is 0.715. The lowest BCUT2D eigenvalue weighted by atomic mass is 10.1. The average molecular weight is 286 g/mol. The normalized spacial score (nSPS) is 15.8. The fourth-order valence-corrected chi connectivity index (χ4v) is 3.42. The van der Waals surface area contributed by atoms with Crippen LogP contribution in [-0.2, 0) is 13.0 Å². The molecule has 1 aromatic carbocycles. The molecule has 1 aromatic heterocycles. The molecule has 1 N–H and O–H groups in total. The maximum atomic E-state index is 5.47. The van der Waals surface area contributed by atoms with Gasteiger partial charge in [-0.3, -0.25) is 4.68 Å². The first-order chi connectivity index (χ1) is 9.83. The van der Waals surface area contributed by atoms with E-state index >= 15 is 0 Å². The average Bonchev–Trinajstić information content (AvgIpc) is 3.10. The van der Waals surface area contributed by atoms with Crippen molar-refractivity contribution < 1.29 is 0 Å². The van der Waals surface area contributed by atoms with Gasteiger partial charge in [-0.25, -0.2) is 0 Å². The molecule has 20 heavy (non-hydrogen) atoms. The largest absolute Gasteiger partial charge is 0.301 e. The van der Waals surface area contributed by atoms with Crippen molar-refractivity contribution >= 4 is 12.2 Å². The molecule has 1 fully saturated rings. The van der Waals surface area contributed by atoms with Crippen LogP contribution < -0.4 is 0 Å². The lowest BCUT2D eigenvalue weighted by Gasteiger charge is -2.07. The number of hydrogen-bond acceptors (Lipinski definition) is 1. The van der Waals surface area contributed by atoms with Gasteiger partial charge in [0.05, 0.1) is 0 Å². The highest BCUT2D eigenvalue weighted by molar-refractivity contribution is 7.71. The van der Waals surface area contributed by atoms with Crippen molar-refractivity contribution in [3.05, 3.63) is 52.3 Å². The van der Waals surface area contributed by atoms with Gasteiger partial charge in [0.15, 0.2) is 0 Å². The quantitative estimate of drug-likeness (QED) is 0.780. The van der Waals surface area contributed by atoms with E-state index in [1.54, 1.807) is 0 Å². The summed E-state index contributed by atoms with van der Waals surface area (Å²) in [4.78, 5) is 0. The fraction of sp³-hybridized carbons (Fsp3) is 0.471. The van der Waals surface area contributed by atoms with Crippen LogP contribution in [0.5, 0.6) is 0 Å². The van der Waals surface area contributed by atoms with Crippen LogP contribution in [-0.4, -0.2) is 9.78 Å². The van der Waals surface area contributed by atoms with Crippen LogP contribution in [0, 0.1) is 4.64 Å². The monoisotopic (exact) mass is 286 g/mol. The Balaban J connectivity index is 1.59. The molecule has 0 unspecified atom stereocenters. The van der Waals surface area contributed by atoms with Crippen molar-refractivity contribution in [2.75, 3.05) is 0 Å². The van der Waals surface area contributed by atoms with Crippen LogP contribution in [0.2, 0.25) is 0 Å². The van der Waals surface area contributed by atoms with E-state index < -0.39 is 0 Å². The summed E-state index contributed by atoms with van der Waals surface area (Å²) in [6, 6.07) is 12.8. The van der Waals surface area contributed by atoms with Gasteiger partial charge < -0.3 is 5.10 Å². The van der Waals surface area contributed by atoms with E-state index in [1.807, 2.05) is 0 Å². The molecule has 0 amide bonds. The SMILES string of the molecule is S=c1cc(C2CCCC2)[nH]n1CCCc1ccccc1. The third-order valence-electron chi connectivity index (χ3n) is 4.29. The molecule has 3 rings (SSSR count). The Morgan fingerprint density at radius 1 is 1.15 bits per heavy atom. The highest BCUT2D eigenvalue weighted by Gasteiger charge is 2.18. The van der Waals surface area contributed by atoms with E-state index in [0.29, 0.717) is 5.92 Å². The third-order valence-corrected chi connectivity index (χ3v) is 4.63. The molecule has 0 atom stereocenters. The van der Waals surface area contributed by atoms with Gasteiger partial charge in [0.1, 0.15) is 4.64 Å². The van der Waals surface area contributed by atoms with Crippen LogP contribution >= 0.6 is 12.2 Å². The number of nitrogens with one attached hydrogen (secondary N) is 1. The first-order valence-corrected chi connectivity index (χ1v) is 8.07. The number of aromatic amines is 1. The standard InChI is InChI=1S/C17H22N2S/c20-17-13-16(15-10-4-5-11-15)18-19(17)12-6-9-14-7-2-1-3-8-14/h1-3,7-8,13,15,18H,4-6,9-12H2. The number of aromatic nitrogens is 2. The molecule has 2 nitrogen and oxygen atoms in total. The second-order valence-corrected chi connectivity index (χ2v) is 6.19. The summed E-state index contributed by atoms with van der Waals surface area (Å²) < 4.78 is 3.10. The number of nitrogens with zero attached hydrogens (tertiary/aromatic N) is 1. The lowest BCUT2D eigenvalue weighted by molar-refractivity contribution is 0.555. The highest BCUT2D eigenvalue weighted by Crippen LogP contribution is 2.33. The summed E-state index contributed by atoms with van der Waals surface area (Å²) in [5.74, 6) is 0.715. The molecule has 0 saturated heterocycles. The van der Waals surface area contributed by atoms with Crippen LogP contribution in [0.3, 0.4) is 0 Å². The smallest absolute Gasteiger partial charge is 0.122 e. The fourth-order valence-electron chi connectivity index (χ4n) is 3.15. The van der Waals surface area contributed by atoms with Crippen LogP contribution in [0.15, 0.2) is 36.4 Å². The van der Waals surface area contributed by atoms with Crippen molar-refractivity contribution in [3.8, 4) is 0 Å². The van der Waals surface area contributed by atoms with Crippen molar-refractivity contribution in [2.24, 2.45) is 0 Å². The maximum Gasteiger partial charge on any atom is 0.122 e. The van der Waals surface area contributed by atoms with E-state index in [1.165, 1.54) is 36.9 Å². The van der Waals surface area contributed by atoms with Crippen molar-refractivity contribution in [1.29, 1.82) is 0 Å². The Morgan fingerprint density at radius 3 is 2.65 bits per heavy atom. The third kappa shape index (κ3) is 3.21. The van der Waals surface area contributed by atoms with E-state index in [9.17, 15) is 0 Å². The Kier molecular flexibility index (Phi) is 4.36. The van der Waals surface area contributed by atoms with Crippen molar-refractivity contribution in [3.63, 3.8) is 0 Å². The molecular formula is C17H22N2S. The first kappa shape index (κ1) is 13.6. The molecule has 1 saturated carbocycles. The molecule has 1 aliphatic carbocycles. The summed E-state index contributed by atoms with van der Waals surface area (Å²) in [6.07, 6.45) is 7.61. The molecule has 0 aliphatic heterocycles. The van der Waals surface area contributed by atoms with Gasteiger partial charge in [0.2, 0.25) is 0 Å². The first-order valence-electron chi connectivity index (χ1n) is 7.66. The molecule has 2 aromatic rings. The molecule has 0 radical (unpaired) electrons. The molecular weight excluding hydrogens is 264 g/mol. The minimum atomic E-state index is 0.715. The van der Waals surface area contributed by atoms with Crippen molar-refractivity contribution in [1.82, 2.24) is 9.78 Å². The second kappa shape index (κ2) is 6.40. The number of benzene rings is 1. The summed E-state index contributed by atoms with van der Waals surface area (Å²) >= 11 is 5.47. The zero-order chi connectivity index (χ0) is 13.8. The van der Waals surface area contributed by atoms with Gasteiger partial charge in [0.25, 0.3) is 0 Å². The minimum Gasteiger partial charge on any atom is -0.301 e. The summed E-state index contributed by atoms with van der Waals surface area (Å²) in [5.41, 5.74) is 2.76. The molecule has 1 aliphatic rings. The highest BCUT2D eigenvalue weighted by atomic mass is 32.1. The Bertz CT molecular complexity index is 591. The Labute approximate surface area is 125 Å². The summed E-state index contributed by atoms with van der Waals surface area (Å²) in [7, 11) is 0. The summed E-state index contributed by atoms with van der Waals surface area (Å²) in [5, 5.41) is 3.52. The van der Waals surface area contributed by atoms with Crippen molar-refractivity contribution in [2.45, 2.75) is 51.0 Å². The van der Waals surface area contributed by atoms with Gasteiger partial charge in [-0.2, -0.15) is 0 Å². The number of hydrogen-bond donors (Lipinski definition) is 1. The zero-order valence-corrected chi connectivity index (χ0v) is 12.7. The Morgan fingerprint density at radius 2 is 1.90 bits per heavy atom. The second-order valence-electron chi connectivity index (χ2n) is 5.77. The molecule has 0 bridgehead atoms. The molecule has 1 heterocycles. The maximum absolute atomic E-state index is 5.47. The molecule has 106 valence electrons. The van der Waals surface area contributed by atoms with E-state index in [0.717, 1.165) is 24.0 Å². The molecule has 3 heteroatoms. The van der Waals surface area contributed by atoms with E-state index in [-0.39, 0.29) is 0 Å². The molecule has 0 spiro atoms. The predicted octanol–water partition coefficient (Wildman–Crippen LogP) is 4.84. The van der Waals surface area contributed by atoms with Crippen LogP contribution in [0.25, 0.3) is 0 Å². The summed E-state index contributed by atoms with van der Waals surface area (Å²) in [6.45, 7) is 0.987. The number of aryl methyl sites for hydroxylation is 2. The van der Waals surface area contributed by atoms with E-state index in [2.05, 4.69) is 46.2 Å². The van der Waals surface area contributed by atoms with Gasteiger partial charge in [0, 0.05) is 18.2 Å². The van der Waals surface area contributed by atoms with Gasteiger partial charge >= 0.3 is 0 Å². The van der Waals surface area contributed by atoms with E-state index in [4.69, 9.17) is 12.2 Å². The number of H-pyrrole nitrogens is 1. The van der Waals surface area contributed by atoms with Gasteiger partial charge in [-0.1, -0.05) is 55.4 Å². The predicted molar refractivity (Wildman–Crippen MR) is 85.6 cm³/mol. The van der Waals surface area contributed by atoms with Gasteiger partial charge in [-0.15, -0.1) is 0 Å². The van der Waals surface area contributed by atoms with Gasteiger partial charge in [-0.05, 0) is 37.3 Å². The van der Waals surface area contributed by atoms with Crippen LogP contribution in [0.1, 0.15) is 49.3 Å². The zero-order valence-electron chi connectivity index (χ0n) is 11.8. The lowest BCUT2D eigenvalue weighted by Crippen LogP contribution is -2.03. The Hall–Kier alpha value is -1.35. The number of rotatable bonds is 5.